The van der Waals surface area contributed by atoms with E-state index in [1.54, 1.807) is 13.8 Å². The van der Waals surface area contributed by atoms with Crippen molar-refractivity contribution >= 4 is 35.0 Å². The molecule has 1 aromatic heterocycles. The molecule has 0 atom stereocenters. The largest absolute Gasteiger partial charge is 0.481 e. The van der Waals surface area contributed by atoms with Crippen molar-refractivity contribution < 1.29 is 23.8 Å². The van der Waals surface area contributed by atoms with E-state index in [4.69, 9.17) is 37.4 Å². The SMILES string of the molecule is COc1cc(OC)nc(C(=O)c2c(Cl)ccc(Cl)c2C(=O)OC(C)C)n1.N. The molecular weight excluding hydrogens is 397 g/mol. The van der Waals surface area contributed by atoms with Gasteiger partial charge in [-0.05, 0) is 26.0 Å². The molecular formula is C17H19Cl2N3O5. The van der Waals surface area contributed by atoms with Crippen molar-refractivity contribution in [3.63, 3.8) is 0 Å². The number of carbonyl (C=O) groups excluding carboxylic acids is 2. The summed E-state index contributed by atoms with van der Waals surface area (Å²) in [5, 5.41) is 0.0405. The highest BCUT2D eigenvalue weighted by Crippen LogP contribution is 2.30. The van der Waals surface area contributed by atoms with Gasteiger partial charge in [0.1, 0.15) is 0 Å². The van der Waals surface area contributed by atoms with Crippen LogP contribution in [0.25, 0.3) is 0 Å². The number of rotatable bonds is 6. The summed E-state index contributed by atoms with van der Waals surface area (Å²) in [4.78, 5) is 33.4. The maximum atomic E-state index is 13.0. The van der Waals surface area contributed by atoms with Gasteiger partial charge < -0.3 is 20.4 Å². The molecule has 0 aliphatic carbocycles. The summed E-state index contributed by atoms with van der Waals surface area (Å²) in [6, 6.07) is 4.22. The fourth-order valence-electron chi connectivity index (χ4n) is 2.07. The maximum absolute atomic E-state index is 13.0. The van der Waals surface area contributed by atoms with E-state index in [9.17, 15) is 9.59 Å². The van der Waals surface area contributed by atoms with Crippen LogP contribution in [0.4, 0.5) is 0 Å². The molecule has 0 amide bonds. The van der Waals surface area contributed by atoms with Gasteiger partial charge in [-0.1, -0.05) is 23.2 Å². The molecule has 0 aliphatic rings. The van der Waals surface area contributed by atoms with Crippen molar-refractivity contribution in [1.29, 1.82) is 0 Å². The lowest BCUT2D eigenvalue weighted by Gasteiger charge is -2.14. The number of benzene rings is 1. The average Bonchev–Trinajstić information content (AvgIpc) is 2.61. The Morgan fingerprint density at radius 3 is 1.89 bits per heavy atom. The number of halogens is 2. The summed E-state index contributed by atoms with van der Waals surface area (Å²) in [6.07, 6.45) is -0.409. The quantitative estimate of drug-likeness (QED) is 0.558. The molecule has 3 N–H and O–H groups in total. The van der Waals surface area contributed by atoms with Crippen molar-refractivity contribution in [2.75, 3.05) is 14.2 Å². The van der Waals surface area contributed by atoms with E-state index in [2.05, 4.69) is 9.97 Å². The van der Waals surface area contributed by atoms with E-state index in [1.165, 1.54) is 32.4 Å². The standard InChI is InChI=1S/C17H16Cl2N2O5.H3N/c1-8(2)26-17(23)14-10(19)6-5-9(18)13(14)15(22)16-20-11(24-3)7-12(21-16)25-4;/h5-8H,1-4H3;1H3. The molecule has 2 rings (SSSR count). The van der Waals surface area contributed by atoms with E-state index in [1.807, 2.05) is 0 Å². The Morgan fingerprint density at radius 1 is 0.963 bits per heavy atom. The van der Waals surface area contributed by atoms with E-state index in [0.717, 1.165) is 0 Å². The van der Waals surface area contributed by atoms with Gasteiger partial charge in [-0.3, -0.25) is 4.79 Å². The van der Waals surface area contributed by atoms with Crippen molar-refractivity contribution in [2.24, 2.45) is 0 Å². The number of hydrogen-bond acceptors (Lipinski definition) is 8. The van der Waals surface area contributed by atoms with E-state index >= 15 is 0 Å². The number of hydrogen-bond donors (Lipinski definition) is 1. The lowest BCUT2D eigenvalue weighted by atomic mass is 10.0. The lowest BCUT2D eigenvalue weighted by molar-refractivity contribution is 0.0376. The molecule has 8 nitrogen and oxygen atoms in total. The Kier molecular flexibility index (Phi) is 7.96. The molecule has 0 aliphatic heterocycles. The summed E-state index contributed by atoms with van der Waals surface area (Å²) in [7, 11) is 2.77. The molecule has 0 fully saturated rings. The molecule has 1 aromatic carbocycles. The highest BCUT2D eigenvalue weighted by Gasteiger charge is 2.28. The highest BCUT2D eigenvalue weighted by atomic mass is 35.5. The molecule has 0 radical (unpaired) electrons. The Morgan fingerprint density at radius 2 is 1.44 bits per heavy atom. The van der Waals surface area contributed by atoms with Crippen LogP contribution in [0.3, 0.4) is 0 Å². The van der Waals surface area contributed by atoms with Crippen LogP contribution >= 0.6 is 23.2 Å². The summed E-state index contributed by atoms with van der Waals surface area (Å²) >= 11 is 12.3. The minimum Gasteiger partial charge on any atom is -0.481 e. The molecule has 0 saturated carbocycles. The summed E-state index contributed by atoms with van der Waals surface area (Å²) in [6.45, 7) is 3.35. The second-order valence-corrected chi connectivity index (χ2v) is 6.15. The first kappa shape index (κ1) is 22.6. The van der Waals surface area contributed by atoms with Crippen LogP contribution in [0.5, 0.6) is 11.8 Å². The van der Waals surface area contributed by atoms with Crippen LogP contribution in [0.1, 0.15) is 40.4 Å². The van der Waals surface area contributed by atoms with Gasteiger partial charge in [-0.15, -0.1) is 0 Å². The smallest absolute Gasteiger partial charge is 0.340 e. The van der Waals surface area contributed by atoms with E-state index in [-0.39, 0.29) is 44.9 Å². The second-order valence-electron chi connectivity index (χ2n) is 5.34. The van der Waals surface area contributed by atoms with E-state index < -0.39 is 17.9 Å². The van der Waals surface area contributed by atoms with Crippen LogP contribution in [0.2, 0.25) is 10.0 Å². The fraction of sp³-hybridized carbons (Fsp3) is 0.294. The molecule has 27 heavy (non-hydrogen) atoms. The van der Waals surface area contributed by atoms with Gasteiger partial charge in [-0.2, -0.15) is 9.97 Å². The van der Waals surface area contributed by atoms with Crippen LogP contribution < -0.4 is 15.6 Å². The number of nitrogens with zero attached hydrogens (tertiary/aromatic N) is 2. The van der Waals surface area contributed by atoms with Crippen LogP contribution in [0, 0.1) is 0 Å². The molecule has 2 aromatic rings. The van der Waals surface area contributed by atoms with Gasteiger partial charge in [0.25, 0.3) is 0 Å². The average molecular weight is 416 g/mol. The van der Waals surface area contributed by atoms with Gasteiger partial charge >= 0.3 is 5.97 Å². The van der Waals surface area contributed by atoms with Crippen molar-refractivity contribution in [3.8, 4) is 11.8 Å². The van der Waals surface area contributed by atoms with Gasteiger partial charge in [0.2, 0.25) is 23.4 Å². The minimum absolute atomic E-state index is 0. The number of carbonyl (C=O) groups is 2. The number of methoxy groups -OCH3 is 2. The molecule has 0 bridgehead atoms. The number of ketones is 1. The zero-order valence-electron chi connectivity index (χ0n) is 15.2. The lowest BCUT2D eigenvalue weighted by Crippen LogP contribution is -2.18. The predicted octanol–water partition coefficient (Wildman–Crippen LogP) is 3.76. The predicted molar refractivity (Wildman–Crippen MR) is 101 cm³/mol. The monoisotopic (exact) mass is 415 g/mol. The Balaban J connectivity index is 0.00000364. The van der Waals surface area contributed by atoms with E-state index in [0.29, 0.717) is 0 Å². The second kappa shape index (κ2) is 9.50. The summed E-state index contributed by atoms with van der Waals surface area (Å²) in [5.74, 6) is -1.52. The first-order valence-corrected chi connectivity index (χ1v) is 8.24. The zero-order chi connectivity index (χ0) is 19.4. The number of aromatic nitrogens is 2. The fourth-order valence-corrected chi connectivity index (χ4v) is 2.55. The maximum Gasteiger partial charge on any atom is 0.340 e. The number of ether oxygens (including phenoxy) is 3. The topological polar surface area (TPSA) is 123 Å². The summed E-state index contributed by atoms with van der Waals surface area (Å²) in [5.41, 5.74) is -0.302. The van der Waals surface area contributed by atoms with Gasteiger partial charge in [0, 0.05) is 0 Å². The zero-order valence-corrected chi connectivity index (χ0v) is 16.7. The molecule has 146 valence electrons. The van der Waals surface area contributed by atoms with Gasteiger partial charge in [0.05, 0.1) is 47.6 Å². The third-order valence-corrected chi connectivity index (χ3v) is 3.81. The minimum atomic E-state index is -0.772. The molecule has 1 heterocycles. The van der Waals surface area contributed by atoms with Crippen molar-refractivity contribution in [1.82, 2.24) is 16.1 Å². The Hall–Kier alpha value is -2.42. The van der Waals surface area contributed by atoms with Crippen LogP contribution in [0.15, 0.2) is 18.2 Å². The third kappa shape index (κ3) is 5.06. The molecule has 0 saturated heterocycles. The molecule has 0 unspecified atom stereocenters. The van der Waals surface area contributed by atoms with Crippen molar-refractivity contribution in [2.45, 2.75) is 20.0 Å². The summed E-state index contributed by atoms with van der Waals surface area (Å²) < 4.78 is 15.2. The normalized spacial score (nSPS) is 10.2. The van der Waals surface area contributed by atoms with Crippen molar-refractivity contribution in [3.05, 3.63) is 45.2 Å². The molecule has 0 spiro atoms. The highest BCUT2D eigenvalue weighted by molar-refractivity contribution is 6.39. The van der Waals surface area contributed by atoms with Gasteiger partial charge in [-0.25, -0.2) is 4.79 Å². The first-order chi connectivity index (χ1) is 12.3. The van der Waals surface area contributed by atoms with Crippen LogP contribution in [-0.4, -0.2) is 42.0 Å². The first-order valence-electron chi connectivity index (χ1n) is 7.49. The van der Waals surface area contributed by atoms with Crippen LogP contribution in [-0.2, 0) is 4.74 Å². The van der Waals surface area contributed by atoms with Gasteiger partial charge in [0.15, 0.2) is 0 Å². The Bertz CT molecular complexity index is 836. The molecule has 10 heteroatoms. The third-order valence-electron chi connectivity index (χ3n) is 3.18. The Labute approximate surface area is 166 Å². The number of esters is 1.